The average Bonchev–Trinajstić information content (AvgIpc) is 2.93. The van der Waals surface area contributed by atoms with E-state index >= 15 is 0 Å². The highest BCUT2D eigenvalue weighted by Gasteiger charge is 2.25. The molecule has 0 aliphatic heterocycles. The van der Waals surface area contributed by atoms with E-state index in [1.54, 1.807) is 31.5 Å². The van der Waals surface area contributed by atoms with E-state index in [1.165, 1.54) is 4.80 Å². The summed E-state index contributed by atoms with van der Waals surface area (Å²) in [5.41, 5.74) is 6.55. The molecule has 1 atom stereocenters. The summed E-state index contributed by atoms with van der Waals surface area (Å²) in [5, 5.41) is 10.8. The summed E-state index contributed by atoms with van der Waals surface area (Å²) in [6.07, 6.45) is 3.79. The molecular formula is C13H17N5O. The smallest absolute Gasteiger partial charge is 0.244 e. The lowest BCUT2D eigenvalue weighted by Gasteiger charge is -2.21. The fourth-order valence-corrected chi connectivity index (χ4v) is 1.46. The third-order valence-electron chi connectivity index (χ3n) is 3.03. The first-order chi connectivity index (χ1) is 9.03. The highest BCUT2D eigenvalue weighted by molar-refractivity contribution is 5.97. The van der Waals surface area contributed by atoms with Crippen molar-refractivity contribution < 1.29 is 4.79 Å². The minimum atomic E-state index is -0.859. The number of hydrogen-bond acceptors (Lipinski definition) is 4. The molecule has 0 fully saturated rings. The maximum Gasteiger partial charge on any atom is 0.244 e. The second-order valence-corrected chi connectivity index (χ2v) is 4.59. The number of carbonyl (C=O) groups is 1. The van der Waals surface area contributed by atoms with Gasteiger partial charge in [0.1, 0.15) is 0 Å². The van der Waals surface area contributed by atoms with E-state index in [9.17, 15) is 4.79 Å². The topological polar surface area (TPSA) is 85.8 Å². The van der Waals surface area contributed by atoms with Crippen LogP contribution in [0.5, 0.6) is 0 Å². The minimum Gasteiger partial charge on any atom is -0.325 e. The number of benzene rings is 1. The molecule has 19 heavy (non-hydrogen) atoms. The molecular weight excluding hydrogens is 242 g/mol. The number of carbonyl (C=O) groups excluding carboxylic acids is 1. The third-order valence-corrected chi connectivity index (χ3v) is 3.03. The van der Waals surface area contributed by atoms with Crippen LogP contribution >= 0.6 is 0 Å². The Morgan fingerprint density at radius 1 is 1.32 bits per heavy atom. The molecule has 2 aromatic rings. The van der Waals surface area contributed by atoms with Crippen molar-refractivity contribution in [2.24, 2.45) is 5.73 Å². The summed E-state index contributed by atoms with van der Waals surface area (Å²) in [7, 11) is 0. The van der Waals surface area contributed by atoms with Crippen LogP contribution in [0.25, 0.3) is 5.69 Å². The van der Waals surface area contributed by atoms with Gasteiger partial charge in [-0.3, -0.25) is 4.79 Å². The molecule has 0 bridgehead atoms. The lowest BCUT2D eigenvalue weighted by Crippen LogP contribution is -2.47. The van der Waals surface area contributed by atoms with Crippen LogP contribution in [0.2, 0.25) is 0 Å². The SMILES string of the molecule is CCC(C)(N)C(=O)Nc1ccc(-n2nccn2)cc1. The zero-order chi connectivity index (χ0) is 13.9. The second-order valence-electron chi connectivity index (χ2n) is 4.59. The van der Waals surface area contributed by atoms with Crippen LogP contribution in [0.4, 0.5) is 5.69 Å². The van der Waals surface area contributed by atoms with E-state index in [-0.39, 0.29) is 5.91 Å². The number of rotatable bonds is 4. The molecule has 0 spiro atoms. The van der Waals surface area contributed by atoms with Crippen LogP contribution in [-0.2, 0) is 4.79 Å². The van der Waals surface area contributed by atoms with Gasteiger partial charge in [0.2, 0.25) is 5.91 Å². The van der Waals surface area contributed by atoms with Crippen molar-refractivity contribution in [1.82, 2.24) is 15.0 Å². The van der Waals surface area contributed by atoms with E-state index in [4.69, 9.17) is 5.73 Å². The van der Waals surface area contributed by atoms with E-state index < -0.39 is 5.54 Å². The molecule has 0 radical (unpaired) electrons. The number of amides is 1. The van der Waals surface area contributed by atoms with Crippen LogP contribution in [0.15, 0.2) is 36.7 Å². The molecule has 0 aliphatic carbocycles. The van der Waals surface area contributed by atoms with Gasteiger partial charge in [-0.15, -0.1) is 0 Å². The molecule has 100 valence electrons. The molecule has 2 rings (SSSR count). The molecule has 1 aromatic carbocycles. The van der Waals surface area contributed by atoms with Gasteiger partial charge in [0.05, 0.1) is 23.6 Å². The average molecular weight is 259 g/mol. The summed E-state index contributed by atoms with van der Waals surface area (Å²) >= 11 is 0. The minimum absolute atomic E-state index is 0.194. The molecule has 1 heterocycles. The summed E-state index contributed by atoms with van der Waals surface area (Å²) < 4.78 is 0. The quantitative estimate of drug-likeness (QED) is 0.867. The predicted molar refractivity (Wildman–Crippen MR) is 72.9 cm³/mol. The zero-order valence-corrected chi connectivity index (χ0v) is 11.0. The van der Waals surface area contributed by atoms with E-state index in [2.05, 4.69) is 15.5 Å². The Bertz CT molecular complexity index is 545. The number of hydrogen-bond donors (Lipinski definition) is 2. The standard InChI is InChI=1S/C13H17N5O/c1-3-13(2,14)12(19)17-10-4-6-11(7-5-10)18-15-8-9-16-18/h4-9H,3,14H2,1-2H3,(H,17,19). The molecule has 3 N–H and O–H groups in total. The molecule has 1 aromatic heterocycles. The van der Waals surface area contributed by atoms with Crippen LogP contribution in [0, 0.1) is 0 Å². The predicted octanol–water partition coefficient (Wildman–Crippen LogP) is 1.33. The Balaban J connectivity index is 2.10. The fraction of sp³-hybridized carbons (Fsp3) is 0.308. The van der Waals surface area contributed by atoms with Crippen LogP contribution < -0.4 is 11.1 Å². The van der Waals surface area contributed by atoms with Crippen LogP contribution in [0.3, 0.4) is 0 Å². The molecule has 0 saturated heterocycles. The van der Waals surface area contributed by atoms with Gasteiger partial charge in [0, 0.05) is 5.69 Å². The zero-order valence-electron chi connectivity index (χ0n) is 11.0. The van der Waals surface area contributed by atoms with Gasteiger partial charge >= 0.3 is 0 Å². The maximum atomic E-state index is 11.9. The third kappa shape index (κ3) is 2.97. The molecule has 1 unspecified atom stereocenters. The lowest BCUT2D eigenvalue weighted by atomic mass is 9.99. The summed E-state index contributed by atoms with van der Waals surface area (Å²) in [6.45, 7) is 3.59. The van der Waals surface area contributed by atoms with Crippen molar-refractivity contribution in [2.75, 3.05) is 5.32 Å². The van der Waals surface area contributed by atoms with Crippen molar-refractivity contribution in [3.63, 3.8) is 0 Å². The monoisotopic (exact) mass is 259 g/mol. The van der Waals surface area contributed by atoms with Crippen molar-refractivity contribution in [1.29, 1.82) is 0 Å². The Morgan fingerprint density at radius 3 is 2.42 bits per heavy atom. The van der Waals surface area contributed by atoms with Gasteiger partial charge in [-0.2, -0.15) is 15.0 Å². The van der Waals surface area contributed by atoms with Crippen molar-refractivity contribution in [3.05, 3.63) is 36.7 Å². The van der Waals surface area contributed by atoms with Gasteiger partial charge < -0.3 is 11.1 Å². The Hall–Kier alpha value is -2.21. The first-order valence-corrected chi connectivity index (χ1v) is 6.10. The summed E-state index contributed by atoms with van der Waals surface area (Å²) in [5.74, 6) is -0.194. The molecule has 1 amide bonds. The van der Waals surface area contributed by atoms with E-state index in [0.29, 0.717) is 12.1 Å². The van der Waals surface area contributed by atoms with Crippen molar-refractivity contribution in [3.8, 4) is 5.69 Å². The number of nitrogens with two attached hydrogens (primary N) is 1. The van der Waals surface area contributed by atoms with Gasteiger partial charge in [0.25, 0.3) is 0 Å². The fourth-order valence-electron chi connectivity index (χ4n) is 1.46. The second kappa shape index (κ2) is 5.19. The molecule has 6 nitrogen and oxygen atoms in total. The lowest BCUT2D eigenvalue weighted by molar-refractivity contribution is -0.120. The van der Waals surface area contributed by atoms with Gasteiger partial charge in [-0.05, 0) is 37.6 Å². The maximum absolute atomic E-state index is 11.9. The van der Waals surface area contributed by atoms with Crippen molar-refractivity contribution >= 4 is 11.6 Å². The molecule has 0 aliphatic rings. The molecule has 0 saturated carbocycles. The number of anilines is 1. The molecule has 6 heteroatoms. The van der Waals surface area contributed by atoms with Crippen LogP contribution in [-0.4, -0.2) is 26.4 Å². The first kappa shape index (κ1) is 13.2. The number of nitrogens with zero attached hydrogens (tertiary/aromatic N) is 3. The largest absolute Gasteiger partial charge is 0.325 e. The first-order valence-electron chi connectivity index (χ1n) is 6.10. The van der Waals surface area contributed by atoms with Gasteiger partial charge in [0.15, 0.2) is 0 Å². The summed E-state index contributed by atoms with van der Waals surface area (Å²) in [6, 6.07) is 7.25. The highest BCUT2D eigenvalue weighted by atomic mass is 16.2. The van der Waals surface area contributed by atoms with E-state index in [1.807, 2.05) is 19.1 Å². The normalized spacial score (nSPS) is 13.8. The van der Waals surface area contributed by atoms with Gasteiger partial charge in [-0.1, -0.05) is 6.92 Å². The Labute approximate surface area is 111 Å². The van der Waals surface area contributed by atoms with E-state index in [0.717, 1.165) is 5.69 Å². The van der Waals surface area contributed by atoms with Crippen molar-refractivity contribution in [2.45, 2.75) is 25.8 Å². The van der Waals surface area contributed by atoms with Gasteiger partial charge in [-0.25, -0.2) is 0 Å². The number of aromatic nitrogens is 3. The summed E-state index contributed by atoms with van der Waals surface area (Å²) in [4.78, 5) is 13.4. The van der Waals surface area contributed by atoms with Crippen LogP contribution in [0.1, 0.15) is 20.3 Å². The Morgan fingerprint density at radius 2 is 1.89 bits per heavy atom. The highest BCUT2D eigenvalue weighted by Crippen LogP contribution is 2.14. The number of nitrogens with one attached hydrogen (secondary N) is 1. The Kier molecular flexibility index (Phi) is 3.62.